The first-order chi connectivity index (χ1) is 9.83. The fourth-order valence-electron chi connectivity index (χ4n) is 3.00. The topological polar surface area (TPSA) is 75.1 Å². The molecule has 0 atom stereocenters. The van der Waals surface area contributed by atoms with Gasteiger partial charge in [0.05, 0.1) is 11.9 Å². The second kappa shape index (κ2) is 5.46. The van der Waals surface area contributed by atoms with E-state index in [1.165, 1.54) is 0 Å². The second-order valence-electron chi connectivity index (χ2n) is 5.24. The van der Waals surface area contributed by atoms with Gasteiger partial charge < -0.3 is 10.3 Å². The molecule has 110 valence electrons. The van der Waals surface area contributed by atoms with Crippen LogP contribution >= 0.6 is 12.4 Å². The molecule has 0 saturated carbocycles. The van der Waals surface area contributed by atoms with Crippen LogP contribution in [0.15, 0.2) is 29.3 Å². The average molecular weight is 306 g/mol. The van der Waals surface area contributed by atoms with Crippen molar-refractivity contribution in [3.05, 3.63) is 40.6 Å². The molecule has 3 aromatic rings. The first kappa shape index (κ1) is 14.0. The number of hydrogen-bond donors (Lipinski definition) is 2. The van der Waals surface area contributed by atoms with Gasteiger partial charge in [-0.2, -0.15) is 5.10 Å². The Kier molecular flexibility index (Phi) is 3.65. The van der Waals surface area contributed by atoms with Crippen LogP contribution in [-0.4, -0.2) is 32.7 Å². The molecular formula is C14H16ClN5O. The van der Waals surface area contributed by atoms with Crippen LogP contribution < -0.4 is 10.9 Å². The zero-order valence-corrected chi connectivity index (χ0v) is 12.2. The third-order valence-corrected chi connectivity index (χ3v) is 4.00. The molecule has 0 spiro atoms. The number of nitrogens with one attached hydrogen (secondary N) is 2. The average Bonchev–Trinajstić information content (AvgIpc) is 2.86. The molecule has 0 radical (unpaired) electrons. The van der Waals surface area contributed by atoms with Crippen LogP contribution in [0.3, 0.4) is 0 Å². The summed E-state index contributed by atoms with van der Waals surface area (Å²) < 4.78 is 1.88. The van der Waals surface area contributed by atoms with E-state index in [0.29, 0.717) is 5.92 Å². The van der Waals surface area contributed by atoms with Crippen LogP contribution in [0.1, 0.15) is 24.5 Å². The van der Waals surface area contributed by atoms with Gasteiger partial charge in [0.1, 0.15) is 11.2 Å². The number of aromatic nitrogens is 4. The summed E-state index contributed by atoms with van der Waals surface area (Å²) in [5.74, 6) is 0.378. The van der Waals surface area contributed by atoms with Gasteiger partial charge in [0.2, 0.25) is 0 Å². The van der Waals surface area contributed by atoms with Gasteiger partial charge in [0.15, 0.2) is 0 Å². The van der Waals surface area contributed by atoms with E-state index in [2.05, 4.69) is 20.4 Å². The van der Waals surface area contributed by atoms with Gasteiger partial charge in [-0.15, -0.1) is 12.4 Å². The minimum atomic E-state index is -0.0651. The van der Waals surface area contributed by atoms with E-state index in [-0.39, 0.29) is 18.0 Å². The van der Waals surface area contributed by atoms with Gasteiger partial charge in [-0.1, -0.05) is 0 Å². The van der Waals surface area contributed by atoms with Crippen molar-refractivity contribution in [2.75, 3.05) is 13.1 Å². The number of pyridine rings is 1. The van der Waals surface area contributed by atoms with E-state index < -0.39 is 0 Å². The predicted octanol–water partition coefficient (Wildman–Crippen LogP) is 1.46. The molecule has 1 aliphatic heterocycles. The number of halogens is 1. The van der Waals surface area contributed by atoms with Crippen molar-refractivity contribution in [2.45, 2.75) is 18.8 Å². The maximum Gasteiger partial charge on any atom is 0.251 e. The molecule has 0 aromatic carbocycles. The van der Waals surface area contributed by atoms with Crippen LogP contribution in [0.2, 0.25) is 0 Å². The first-order valence-electron chi connectivity index (χ1n) is 6.89. The number of aromatic amines is 1. The van der Waals surface area contributed by atoms with Crippen LogP contribution in [0, 0.1) is 0 Å². The maximum absolute atomic E-state index is 12.0. The molecule has 1 fully saturated rings. The predicted molar refractivity (Wildman–Crippen MR) is 83.2 cm³/mol. The van der Waals surface area contributed by atoms with E-state index in [1.54, 1.807) is 18.5 Å². The Morgan fingerprint density at radius 1 is 1.29 bits per heavy atom. The molecule has 6 nitrogen and oxygen atoms in total. The molecule has 4 heterocycles. The highest BCUT2D eigenvalue weighted by Gasteiger charge is 2.20. The molecule has 2 N–H and O–H groups in total. The molecule has 4 rings (SSSR count). The maximum atomic E-state index is 12.0. The summed E-state index contributed by atoms with van der Waals surface area (Å²) in [5.41, 5.74) is 2.51. The standard InChI is InChI=1S/C14H15N5O.ClH/c20-13-7-12(9-1-4-15-5-2-9)19-14(17-13)10-3-6-16-8-11(10)18-19;/h3,6-9,15H,1-2,4-5H2,(H,17,20);1H. The third-order valence-electron chi connectivity index (χ3n) is 4.00. The molecule has 0 aliphatic carbocycles. The molecule has 0 amide bonds. The Morgan fingerprint density at radius 2 is 2.10 bits per heavy atom. The highest BCUT2D eigenvalue weighted by atomic mass is 35.5. The number of nitrogens with zero attached hydrogens (tertiary/aromatic N) is 3. The summed E-state index contributed by atoms with van der Waals surface area (Å²) >= 11 is 0. The largest absolute Gasteiger partial charge is 0.317 e. The SMILES string of the molecule is Cl.O=c1cc(C2CCNCC2)n2nc3cnccc3c2[nH]1. The van der Waals surface area contributed by atoms with Crippen molar-refractivity contribution in [1.82, 2.24) is 24.9 Å². The van der Waals surface area contributed by atoms with Crippen molar-refractivity contribution < 1.29 is 0 Å². The summed E-state index contributed by atoms with van der Waals surface area (Å²) in [6.07, 6.45) is 5.52. The van der Waals surface area contributed by atoms with Crippen molar-refractivity contribution in [3.63, 3.8) is 0 Å². The minimum absolute atomic E-state index is 0. The lowest BCUT2D eigenvalue weighted by Gasteiger charge is -2.23. The lowest BCUT2D eigenvalue weighted by atomic mass is 9.94. The molecular weight excluding hydrogens is 290 g/mol. The summed E-state index contributed by atoms with van der Waals surface area (Å²) in [7, 11) is 0. The summed E-state index contributed by atoms with van der Waals surface area (Å²) in [5, 5.41) is 8.88. The van der Waals surface area contributed by atoms with Crippen LogP contribution in [0.25, 0.3) is 16.6 Å². The number of H-pyrrole nitrogens is 1. The number of rotatable bonds is 1. The van der Waals surface area contributed by atoms with Crippen molar-refractivity contribution in [2.24, 2.45) is 0 Å². The highest BCUT2D eigenvalue weighted by Crippen LogP contribution is 2.26. The number of piperidine rings is 1. The van der Waals surface area contributed by atoms with Crippen LogP contribution in [0.4, 0.5) is 0 Å². The molecule has 0 bridgehead atoms. The Labute approximate surface area is 127 Å². The summed E-state index contributed by atoms with van der Waals surface area (Å²) in [4.78, 5) is 18.9. The quantitative estimate of drug-likeness (QED) is 0.714. The number of hydrogen-bond acceptors (Lipinski definition) is 4. The minimum Gasteiger partial charge on any atom is -0.317 e. The Hall–Kier alpha value is -1.92. The van der Waals surface area contributed by atoms with Gasteiger partial charge in [0.25, 0.3) is 5.56 Å². The molecule has 0 unspecified atom stereocenters. The van der Waals surface area contributed by atoms with Gasteiger partial charge in [0, 0.05) is 23.6 Å². The zero-order chi connectivity index (χ0) is 13.5. The monoisotopic (exact) mass is 305 g/mol. The van der Waals surface area contributed by atoms with E-state index in [9.17, 15) is 4.79 Å². The lowest BCUT2D eigenvalue weighted by molar-refractivity contribution is 0.446. The third kappa shape index (κ3) is 2.30. The van der Waals surface area contributed by atoms with Crippen LogP contribution in [-0.2, 0) is 0 Å². The van der Waals surface area contributed by atoms with Gasteiger partial charge in [-0.3, -0.25) is 9.78 Å². The van der Waals surface area contributed by atoms with E-state index in [4.69, 9.17) is 0 Å². The smallest absolute Gasteiger partial charge is 0.251 e. The highest BCUT2D eigenvalue weighted by molar-refractivity contribution is 5.91. The van der Waals surface area contributed by atoms with Crippen LogP contribution in [0.5, 0.6) is 0 Å². The van der Waals surface area contributed by atoms with Gasteiger partial charge >= 0.3 is 0 Å². The number of fused-ring (bicyclic) bond motifs is 3. The van der Waals surface area contributed by atoms with Gasteiger partial charge in [-0.25, -0.2) is 4.52 Å². The molecule has 1 saturated heterocycles. The van der Waals surface area contributed by atoms with E-state index in [1.807, 2.05) is 10.6 Å². The zero-order valence-electron chi connectivity index (χ0n) is 11.4. The van der Waals surface area contributed by atoms with Gasteiger partial charge in [-0.05, 0) is 32.0 Å². The Balaban J connectivity index is 0.00000132. The second-order valence-corrected chi connectivity index (χ2v) is 5.24. The normalized spacial score (nSPS) is 16.2. The lowest BCUT2D eigenvalue weighted by Crippen LogP contribution is -2.28. The van der Waals surface area contributed by atoms with Crippen molar-refractivity contribution in [1.29, 1.82) is 0 Å². The fourth-order valence-corrected chi connectivity index (χ4v) is 3.00. The molecule has 21 heavy (non-hydrogen) atoms. The fraction of sp³-hybridized carbons (Fsp3) is 0.357. The Bertz CT molecular complexity index is 834. The van der Waals surface area contributed by atoms with Crippen molar-refractivity contribution >= 4 is 29.0 Å². The molecule has 7 heteroatoms. The van der Waals surface area contributed by atoms with E-state index in [0.717, 1.165) is 48.2 Å². The summed E-state index contributed by atoms with van der Waals surface area (Å²) in [6, 6.07) is 3.57. The summed E-state index contributed by atoms with van der Waals surface area (Å²) in [6.45, 7) is 1.97. The molecule has 1 aliphatic rings. The molecule has 3 aromatic heterocycles. The Morgan fingerprint density at radius 3 is 2.90 bits per heavy atom. The van der Waals surface area contributed by atoms with E-state index >= 15 is 0 Å². The first-order valence-corrected chi connectivity index (χ1v) is 6.89. The van der Waals surface area contributed by atoms with Crippen molar-refractivity contribution in [3.8, 4) is 0 Å².